The van der Waals surface area contributed by atoms with Crippen molar-refractivity contribution in [3.63, 3.8) is 0 Å². The molecule has 4 nitrogen and oxygen atoms in total. The number of nitrogens with zero attached hydrogens (tertiary/aromatic N) is 1. The molecule has 2 aromatic carbocycles. The molecule has 3 aromatic rings. The average molecular weight is 359 g/mol. The number of rotatable bonds is 4. The zero-order valence-electron chi connectivity index (χ0n) is 13.0. The molecule has 24 heavy (non-hydrogen) atoms. The Balaban J connectivity index is 1.59. The Morgan fingerprint density at radius 3 is 2.62 bits per heavy atom. The van der Waals surface area contributed by atoms with Crippen LogP contribution in [0.25, 0.3) is 10.2 Å². The lowest BCUT2D eigenvalue weighted by Gasteiger charge is -2.15. The van der Waals surface area contributed by atoms with Crippen LogP contribution < -0.4 is 10.1 Å². The highest BCUT2D eigenvalue weighted by molar-refractivity contribution is 7.22. The molecular formula is C18H15ClN2O2S. The Labute approximate surface area is 148 Å². The van der Waals surface area contributed by atoms with Crippen LogP contribution >= 0.6 is 22.9 Å². The monoisotopic (exact) mass is 358 g/mol. The largest absolute Gasteiger partial charge is 0.497 e. The van der Waals surface area contributed by atoms with Crippen molar-refractivity contribution in [2.75, 3.05) is 12.4 Å². The van der Waals surface area contributed by atoms with Crippen molar-refractivity contribution in [3.05, 3.63) is 53.1 Å². The number of halogens is 1. The van der Waals surface area contributed by atoms with Crippen LogP contribution in [0.2, 0.25) is 5.02 Å². The number of para-hydroxylation sites is 1. The first kappa shape index (κ1) is 15.4. The molecule has 0 radical (unpaired) electrons. The third-order valence-corrected chi connectivity index (χ3v) is 5.66. The van der Waals surface area contributed by atoms with Crippen LogP contribution in [0.5, 0.6) is 5.75 Å². The maximum absolute atomic E-state index is 12.8. The fourth-order valence-electron chi connectivity index (χ4n) is 2.87. The van der Waals surface area contributed by atoms with Crippen LogP contribution in [0.15, 0.2) is 42.5 Å². The van der Waals surface area contributed by atoms with E-state index in [1.54, 1.807) is 13.2 Å². The molecule has 6 heteroatoms. The molecule has 0 spiro atoms. The molecule has 1 aliphatic rings. The number of ether oxygens (including phenoxy) is 1. The number of methoxy groups -OCH3 is 1. The second-order valence-electron chi connectivity index (χ2n) is 5.87. The molecule has 1 saturated carbocycles. The maximum Gasteiger partial charge on any atom is 0.236 e. The third-order valence-electron chi connectivity index (χ3n) is 4.42. The van der Waals surface area contributed by atoms with Crippen molar-refractivity contribution in [1.82, 2.24) is 4.98 Å². The van der Waals surface area contributed by atoms with E-state index in [9.17, 15) is 4.79 Å². The molecule has 4 rings (SSSR count). The van der Waals surface area contributed by atoms with E-state index in [0.29, 0.717) is 10.2 Å². The molecule has 0 atom stereocenters. The van der Waals surface area contributed by atoms with Crippen LogP contribution in [-0.2, 0) is 10.2 Å². The summed E-state index contributed by atoms with van der Waals surface area (Å²) in [4.78, 5) is 17.3. The van der Waals surface area contributed by atoms with Crippen molar-refractivity contribution in [1.29, 1.82) is 0 Å². The number of aromatic nitrogens is 1. The van der Waals surface area contributed by atoms with Gasteiger partial charge >= 0.3 is 0 Å². The van der Waals surface area contributed by atoms with Gasteiger partial charge in [0.05, 0.1) is 22.2 Å². The first-order valence-corrected chi connectivity index (χ1v) is 8.83. The fraction of sp³-hybridized carbons (Fsp3) is 0.222. The van der Waals surface area contributed by atoms with Crippen LogP contribution in [0.3, 0.4) is 0 Å². The van der Waals surface area contributed by atoms with Gasteiger partial charge in [0.15, 0.2) is 5.13 Å². The molecule has 0 bridgehead atoms. The summed E-state index contributed by atoms with van der Waals surface area (Å²) in [6.45, 7) is 0. The summed E-state index contributed by atoms with van der Waals surface area (Å²) < 4.78 is 6.15. The Hall–Kier alpha value is -2.11. The van der Waals surface area contributed by atoms with Crippen LogP contribution in [0.4, 0.5) is 5.13 Å². The predicted octanol–water partition coefficient (Wildman–Crippen LogP) is 4.63. The molecular weight excluding hydrogens is 344 g/mol. The number of carbonyl (C=O) groups is 1. The lowest BCUT2D eigenvalue weighted by molar-refractivity contribution is -0.118. The number of fused-ring (bicyclic) bond motifs is 1. The zero-order valence-corrected chi connectivity index (χ0v) is 14.6. The molecule has 122 valence electrons. The molecule has 1 fully saturated rings. The summed E-state index contributed by atoms with van der Waals surface area (Å²) in [5.41, 5.74) is 1.29. The number of anilines is 1. The maximum atomic E-state index is 12.8. The highest BCUT2D eigenvalue weighted by Crippen LogP contribution is 2.49. The summed E-state index contributed by atoms with van der Waals surface area (Å²) in [5, 5.41) is 4.15. The van der Waals surface area contributed by atoms with Gasteiger partial charge in [0, 0.05) is 0 Å². The number of thiazole rings is 1. The van der Waals surface area contributed by atoms with E-state index in [1.807, 2.05) is 36.4 Å². The second-order valence-corrected chi connectivity index (χ2v) is 7.31. The third kappa shape index (κ3) is 2.54. The number of amides is 1. The zero-order chi connectivity index (χ0) is 16.7. The predicted molar refractivity (Wildman–Crippen MR) is 97.2 cm³/mol. The van der Waals surface area contributed by atoms with E-state index in [4.69, 9.17) is 16.3 Å². The number of carbonyl (C=O) groups excluding carboxylic acids is 1. The van der Waals surface area contributed by atoms with Crippen molar-refractivity contribution in [3.8, 4) is 5.75 Å². The standard InChI is InChI=1S/C18H15ClN2O2S/c1-23-12-7-5-11(6-8-12)18(9-10-18)16(22)21-17-20-15-13(19)3-2-4-14(15)24-17/h2-8H,9-10H2,1H3,(H,20,21,22). The summed E-state index contributed by atoms with van der Waals surface area (Å²) >= 11 is 7.59. The minimum atomic E-state index is -0.450. The van der Waals surface area contributed by atoms with E-state index in [0.717, 1.165) is 34.4 Å². The minimum absolute atomic E-state index is 0.0113. The molecule has 1 N–H and O–H groups in total. The van der Waals surface area contributed by atoms with E-state index in [1.165, 1.54) is 11.3 Å². The molecule has 0 saturated heterocycles. The second kappa shape index (κ2) is 5.76. The van der Waals surface area contributed by atoms with Gasteiger partial charge < -0.3 is 10.1 Å². The van der Waals surface area contributed by atoms with Crippen LogP contribution in [0, 0.1) is 0 Å². The van der Waals surface area contributed by atoms with Gasteiger partial charge in [-0.1, -0.05) is 41.1 Å². The summed E-state index contributed by atoms with van der Waals surface area (Å²) in [7, 11) is 1.63. The summed E-state index contributed by atoms with van der Waals surface area (Å²) in [6, 6.07) is 13.3. The van der Waals surface area contributed by atoms with E-state index >= 15 is 0 Å². The van der Waals surface area contributed by atoms with E-state index < -0.39 is 5.41 Å². The molecule has 1 aromatic heterocycles. The normalized spacial score (nSPS) is 15.2. The quantitative estimate of drug-likeness (QED) is 0.739. The van der Waals surface area contributed by atoms with Crippen molar-refractivity contribution < 1.29 is 9.53 Å². The molecule has 1 heterocycles. The summed E-state index contributed by atoms with van der Waals surface area (Å²) in [6.07, 6.45) is 1.69. The first-order chi connectivity index (χ1) is 11.6. The molecule has 1 aliphatic carbocycles. The van der Waals surface area contributed by atoms with Crippen molar-refractivity contribution in [2.45, 2.75) is 18.3 Å². The minimum Gasteiger partial charge on any atom is -0.497 e. The number of nitrogens with one attached hydrogen (secondary N) is 1. The highest BCUT2D eigenvalue weighted by atomic mass is 35.5. The SMILES string of the molecule is COc1ccc(C2(C(=O)Nc3nc4c(Cl)cccc4s3)CC2)cc1. The number of hydrogen-bond acceptors (Lipinski definition) is 4. The fourth-order valence-corrected chi connectivity index (χ4v) is 4.03. The lowest BCUT2D eigenvalue weighted by Crippen LogP contribution is -2.27. The van der Waals surface area contributed by atoms with Gasteiger partial charge in [-0.05, 0) is 42.7 Å². The van der Waals surface area contributed by atoms with Gasteiger partial charge in [-0.2, -0.15) is 0 Å². The van der Waals surface area contributed by atoms with Crippen LogP contribution in [0.1, 0.15) is 18.4 Å². The van der Waals surface area contributed by atoms with Gasteiger partial charge in [0.25, 0.3) is 0 Å². The van der Waals surface area contributed by atoms with Crippen molar-refractivity contribution >= 4 is 44.2 Å². The lowest BCUT2D eigenvalue weighted by atomic mass is 9.95. The number of hydrogen-bond donors (Lipinski definition) is 1. The molecule has 0 unspecified atom stereocenters. The average Bonchev–Trinajstić information content (AvgIpc) is 3.31. The van der Waals surface area contributed by atoms with E-state index in [2.05, 4.69) is 10.3 Å². The van der Waals surface area contributed by atoms with E-state index in [-0.39, 0.29) is 5.91 Å². The van der Waals surface area contributed by atoms with Crippen molar-refractivity contribution in [2.24, 2.45) is 0 Å². The van der Waals surface area contributed by atoms with Gasteiger partial charge in [-0.3, -0.25) is 4.79 Å². The smallest absolute Gasteiger partial charge is 0.236 e. The van der Waals surface area contributed by atoms with Gasteiger partial charge in [-0.25, -0.2) is 4.98 Å². The van der Waals surface area contributed by atoms with Gasteiger partial charge in [-0.15, -0.1) is 0 Å². The van der Waals surface area contributed by atoms with Gasteiger partial charge in [0.1, 0.15) is 11.3 Å². The van der Waals surface area contributed by atoms with Gasteiger partial charge in [0.2, 0.25) is 5.91 Å². The Morgan fingerprint density at radius 2 is 2.00 bits per heavy atom. The molecule has 1 amide bonds. The summed E-state index contributed by atoms with van der Waals surface area (Å²) in [5.74, 6) is 0.776. The Bertz CT molecular complexity index is 916. The topological polar surface area (TPSA) is 51.2 Å². The first-order valence-electron chi connectivity index (χ1n) is 7.63. The number of benzene rings is 2. The Morgan fingerprint density at radius 1 is 1.25 bits per heavy atom. The molecule has 0 aliphatic heterocycles. The highest BCUT2D eigenvalue weighted by Gasteiger charge is 2.51. The van der Waals surface area contributed by atoms with Crippen LogP contribution in [-0.4, -0.2) is 18.0 Å². The Kier molecular flexibility index (Phi) is 3.70.